The van der Waals surface area contributed by atoms with Gasteiger partial charge in [-0.05, 0) is 54.1 Å². The zero-order chi connectivity index (χ0) is 27.2. The van der Waals surface area contributed by atoms with Gasteiger partial charge in [0.05, 0.1) is 29.4 Å². The average Bonchev–Trinajstić information content (AvgIpc) is 3.39. The second kappa shape index (κ2) is 9.49. The molecule has 0 aliphatic carbocycles. The largest absolute Gasteiger partial charge is 0.478 e. The van der Waals surface area contributed by atoms with Gasteiger partial charge in [0.25, 0.3) is 11.8 Å². The van der Waals surface area contributed by atoms with Gasteiger partial charge in [-0.3, -0.25) is 9.59 Å². The summed E-state index contributed by atoms with van der Waals surface area (Å²) in [4.78, 5) is 54.5. The highest BCUT2D eigenvalue weighted by Crippen LogP contribution is 2.42. The number of rotatable bonds is 4. The molecule has 0 bridgehead atoms. The third kappa shape index (κ3) is 4.24. The Kier molecular flexibility index (Phi) is 6.31. The molecule has 11 heteroatoms. The Bertz CT molecular complexity index is 1530. The van der Waals surface area contributed by atoms with Gasteiger partial charge in [-0.15, -0.1) is 0 Å². The highest BCUT2D eigenvalue weighted by atomic mass is 35.5. The van der Waals surface area contributed by atoms with Gasteiger partial charge in [0.15, 0.2) is 0 Å². The minimum Gasteiger partial charge on any atom is -0.478 e. The van der Waals surface area contributed by atoms with Crippen LogP contribution in [0.15, 0.2) is 66.7 Å². The summed E-state index contributed by atoms with van der Waals surface area (Å²) >= 11 is 12.2. The molecule has 0 radical (unpaired) electrons. The van der Waals surface area contributed by atoms with Gasteiger partial charge in [0.1, 0.15) is 5.54 Å². The Hall–Kier alpha value is -4.39. The number of carbonyl (C=O) groups excluding carboxylic acids is 3. The Morgan fingerprint density at radius 1 is 1.00 bits per heavy atom. The van der Waals surface area contributed by atoms with Crippen molar-refractivity contribution < 1.29 is 24.3 Å². The normalized spacial score (nSPS) is 20.5. The molecule has 38 heavy (non-hydrogen) atoms. The zero-order valence-electron chi connectivity index (χ0n) is 19.5. The lowest BCUT2D eigenvalue weighted by Gasteiger charge is -2.27. The molecule has 2 unspecified atom stereocenters. The summed E-state index contributed by atoms with van der Waals surface area (Å²) in [6.45, 7) is -0.110. The number of benzene rings is 3. The maximum atomic E-state index is 14.0. The van der Waals surface area contributed by atoms with Crippen LogP contribution in [0.1, 0.15) is 37.8 Å². The minimum absolute atomic E-state index is 0.0531. The van der Waals surface area contributed by atoms with Gasteiger partial charge >= 0.3 is 12.0 Å². The van der Waals surface area contributed by atoms with Crippen LogP contribution in [0, 0.1) is 11.3 Å². The van der Waals surface area contributed by atoms with Crippen LogP contribution in [0.4, 0.5) is 10.5 Å². The number of carboxylic acid groups (broad SMARTS) is 1. The summed E-state index contributed by atoms with van der Waals surface area (Å²) in [6, 6.07) is 17.9. The minimum atomic E-state index is -1.53. The smallest absolute Gasteiger partial charge is 0.335 e. The number of carbonyl (C=O) groups is 4. The third-order valence-electron chi connectivity index (χ3n) is 6.75. The van der Waals surface area contributed by atoms with E-state index in [1.807, 2.05) is 6.07 Å². The number of imide groups is 1. The molecule has 3 aromatic carbocycles. The molecular weight excluding hydrogens is 531 g/mol. The van der Waals surface area contributed by atoms with E-state index in [-0.39, 0.29) is 39.9 Å². The van der Waals surface area contributed by atoms with Crippen LogP contribution < -0.4 is 10.2 Å². The lowest BCUT2D eigenvalue weighted by Crippen LogP contribution is -2.53. The molecule has 2 heterocycles. The summed E-state index contributed by atoms with van der Waals surface area (Å²) in [6.07, 6.45) is 0. The number of carboxylic acids is 1. The van der Waals surface area contributed by atoms with Crippen LogP contribution in [-0.2, 0) is 4.79 Å². The number of aromatic carboxylic acids is 1. The van der Waals surface area contributed by atoms with Gasteiger partial charge < -0.3 is 15.3 Å². The van der Waals surface area contributed by atoms with E-state index in [0.29, 0.717) is 11.1 Å². The predicted molar refractivity (Wildman–Crippen MR) is 138 cm³/mol. The maximum absolute atomic E-state index is 14.0. The highest BCUT2D eigenvalue weighted by molar-refractivity contribution is 6.36. The van der Waals surface area contributed by atoms with Gasteiger partial charge in [-0.1, -0.05) is 41.4 Å². The zero-order valence-corrected chi connectivity index (χ0v) is 21.0. The first-order valence-corrected chi connectivity index (χ1v) is 12.1. The summed E-state index contributed by atoms with van der Waals surface area (Å²) in [5.41, 5.74) is -0.215. The molecule has 2 N–H and O–H groups in total. The van der Waals surface area contributed by atoms with Crippen molar-refractivity contribution in [1.29, 1.82) is 5.26 Å². The summed E-state index contributed by atoms with van der Waals surface area (Å²) in [5, 5.41) is 21.8. The van der Waals surface area contributed by atoms with E-state index in [9.17, 15) is 29.5 Å². The van der Waals surface area contributed by atoms with Crippen molar-refractivity contribution in [3.63, 3.8) is 0 Å². The van der Waals surface area contributed by atoms with Gasteiger partial charge in [-0.25, -0.2) is 14.5 Å². The molecular formula is C27H18Cl2N4O5. The lowest BCUT2D eigenvalue weighted by atomic mass is 9.81. The molecule has 2 saturated heterocycles. The fraction of sp³-hybridized carbons (Fsp3) is 0.148. The SMILES string of the molecule is N#Cc1ccc(C2CN(C(=O)c3cccc(C(=O)O)c3)CC23NC(=O)N(c2cc(Cl)cc(Cl)c2)C3=O)cc1. The quantitative estimate of drug-likeness (QED) is 0.467. The van der Waals surface area contributed by atoms with Crippen molar-refractivity contribution >= 4 is 52.7 Å². The number of amides is 4. The van der Waals surface area contributed by atoms with Crippen LogP contribution in [0.2, 0.25) is 10.0 Å². The van der Waals surface area contributed by atoms with Crippen LogP contribution in [-0.4, -0.2) is 52.4 Å². The number of nitriles is 1. The second-order valence-electron chi connectivity index (χ2n) is 9.03. The van der Waals surface area contributed by atoms with E-state index >= 15 is 0 Å². The monoisotopic (exact) mass is 548 g/mol. The van der Waals surface area contributed by atoms with Gasteiger partial charge in [-0.2, -0.15) is 5.26 Å². The third-order valence-corrected chi connectivity index (χ3v) is 7.18. The van der Waals surface area contributed by atoms with Crippen molar-refractivity contribution in [2.45, 2.75) is 11.5 Å². The fourth-order valence-corrected chi connectivity index (χ4v) is 5.51. The van der Waals surface area contributed by atoms with Crippen LogP contribution >= 0.6 is 23.2 Å². The number of hydrogen-bond donors (Lipinski definition) is 2. The van der Waals surface area contributed by atoms with E-state index < -0.39 is 35.3 Å². The Morgan fingerprint density at radius 3 is 2.29 bits per heavy atom. The first-order valence-electron chi connectivity index (χ1n) is 11.4. The van der Waals surface area contributed by atoms with Gasteiger partial charge in [0.2, 0.25) is 0 Å². The molecule has 0 aromatic heterocycles. The molecule has 9 nitrogen and oxygen atoms in total. The topological polar surface area (TPSA) is 131 Å². The van der Waals surface area contributed by atoms with Crippen LogP contribution in [0.3, 0.4) is 0 Å². The number of likely N-dealkylation sites (tertiary alicyclic amines) is 1. The van der Waals surface area contributed by atoms with E-state index in [1.54, 1.807) is 24.3 Å². The summed E-state index contributed by atoms with van der Waals surface area (Å²) in [5.74, 6) is -2.93. The van der Waals surface area contributed by atoms with E-state index in [0.717, 1.165) is 4.90 Å². The standard InChI is InChI=1S/C27H18Cl2N4O5/c28-19-9-20(29)11-21(10-19)33-25(37)27(31-26(33)38)14-32(13-22(27)16-6-4-15(12-30)5-7-16)23(34)17-2-1-3-18(8-17)24(35)36/h1-11,22H,13-14H2,(H,31,38)(H,35,36). The van der Waals surface area contributed by atoms with Crippen molar-refractivity contribution in [2.24, 2.45) is 0 Å². The van der Waals surface area contributed by atoms with E-state index in [4.69, 9.17) is 23.2 Å². The molecule has 4 amide bonds. The molecule has 190 valence electrons. The first-order chi connectivity index (χ1) is 18.1. The van der Waals surface area contributed by atoms with Gasteiger partial charge in [0, 0.05) is 28.1 Å². The highest BCUT2D eigenvalue weighted by Gasteiger charge is 2.61. The number of anilines is 1. The molecule has 3 aromatic rings. The van der Waals surface area contributed by atoms with Crippen molar-refractivity contribution in [3.8, 4) is 6.07 Å². The van der Waals surface area contributed by atoms with Crippen molar-refractivity contribution in [2.75, 3.05) is 18.0 Å². The number of hydrogen-bond acceptors (Lipinski definition) is 5. The lowest BCUT2D eigenvalue weighted by molar-refractivity contribution is -0.122. The average molecular weight is 549 g/mol. The van der Waals surface area contributed by atoms with E-state index in [1.165, 1.54) is 47.4 Å². The predicted octanol–water partition coefficient (Wildman–Crippen LogP) is 4.30. The summed E-state index contributed by atoms with van der Waals surface area (Å²) < 4.78 is 0. The Morgan fingerprint density at radius 2 is 1.66 bits per heavy atom. The molecule has 2 fully saturated rings. The van der Waals surface area contributed by atoms with Crippen LogP contribution in [0.25, 0.3) is 0 Å². The molecule has 5 rings (SSSR count). The molecule has 0 saturated carbocycles. The molecule has 2 atom stereocenters. The summed E-state index contributed by atoms with van der Waals surface area (Å²) in [7, 11) is 0. The fourth-order valence-electron chi connectivity index (χ4n) is 4.99. The Labute approximate surface area is 226 Å². The number of halogens is 2. The molecule has 2 aliphatic heterocycles. The number of nitrogens with one attached hydrogen (secondary N) is 1. The Balaban J connectivity index is 1.57. The van der Waals surface area contributed by atoms with Crippen LogP contribution in [0.5, 0.6) is 0 Å². The first kappa shape index (κ1) is 25.3. The van der Waals surface area contributed by atoms with Crippen molar-refractivity contribution in [1.82, 2.24) is 10.2 Å². The number of nitrogens with zero attached hydrogens (tertiary/aromatic N) is 3. The number of urea groups is 1. The molecule has 1 spiro atoms. The maximum Gasteiger partial charge on any atom is 0.335 e. The second-order valence-corrected chi connectivity index (χ2v) is 9.90. The van der Waals surface area contributed by atoms with E-state index in [2.05, 4.69) is 5.32 Å². The molecule has 2 aliphatic rings. The van der Waals surface area contributed by atoms with Crippen molar-refractivity contribution in [3.05, 3.63) is 99.0 Å².